The highest BCUT2D eigenvalue weighted by Gasteiger charge is 2.14. The summed E-state index contributed by atoms with van der Waals surface area (Å²) < 4.78 is 0. The van der Waals surface area contributed by atoms with Crippen molar-refractivity contribution in [2.45, 2.75) is 39.2 Å². The summed E-state index contributed by atoms with van der Waals surface area (Å²) in [5.74, 6) is 0.931. The lowest BCUT2D eigenvalue weighted by atomic mass is 9.93. The number of hydrogen-bond donors (Lipinski definition) is 2. The Morgan fingerprint density at radius 2 is 2.22 bits per heavy atom. The molecular weight excluding hydrogens is 244 g/mol. The van der Waals surface area contributed by atoms with E-state index in [9.17, 15) is 4.79 Å². The molecule has 1 aromatic heterocycles. The van der Waals surface area contributed by atoms with Crippen LogP contribution in [0, 0.1) is 12.8 Å². The molecule has 1 aromatic rings. The summed E-state index contributed by atoms with van der Waals surface area (Å²) in [5, 5.41) is 6.36. The molecule has 1 aliphatic rings. The van der Waals surface area contributed by atoms with Crippen molar-refractivity contribution in [3.63, 3.8) is 0 Å². The Hall–Kier alpha value is -0.870. The van der Waals surface area contributed by atoms with E-state index >= 15 is 0 Å². The van der Waals surface area contributed by atoms with Crippen molar-refractivity contribution in [3.05, 3.63) is 21.9 Å². The second-order valence-electron chi connectivity index (χ2n) is 5.02. The molecule has 2 rings (SSSR count). The fourth-order valence-electron chi connectivity index (χ4n) is 2.36. The van der Waals surface area contributed by atoms with Gasteiger partial charge in [-0.1, -0.05) is 0 Å². The van der Waals surface area contributed by atoms with Crippen LogP contribution < -0.4 is 10.6 Å². The van der Waals surface area contributed by atoms with E-state index < -0.39 is 0 Å². The van der Waals surface area contributed by atoms with Crippen LogP contribution in [0.2, 0.25) is 0 Å². The molecule has 0 aliphatic carbocycles. The van der Waals surface area contributed by atoms with Crippen molar-refractivity contribution in [2.24, 2.45) is 5.92 Å². The smallest absolute Gasteiger partial charge is 0.220 e. The van der Waals surface area contributed by atoms with Gasteiger partial charge in [-0.05, 0) is 57.3 Å². The second-order valence-corrected chi connectivity index (χ2v) is 6.39. The number of hydrogen-bond acceptors (Lipinski definition) is 3. The number of nitrogens with one attached hydrogen (secondary N) is 2. The molecule has 3 nitrogen and oxygen atoms in total. The van der Waals surface area contributed by atoms with Gasteiger partial charge in [-0.2, -0.15) is 0 Å². The van der Waals surface area contributed by atoms with Crippen molar-refractivity contribution in [2.75, 3.05) is 13.1 Å². The molecule has 0 unspecified atom stereocenters. The van der Waals surface area contributed by atoms with Crippen molar-refractivity contribution < 1.29 is 4.79 Å². The first-order valence-corrected chi connectivity index (χ1v) is 7.58. The fraction of sp³-hybridized carbons (Fsp3) is 0.643. The minimum absolute atomic E-state index is 0.194. The van der Waals surface area contributed by atoms with Crippen LogP contribution in [0.25, 0.3) is 0 Å². The zero-order valence-electron chi connectivity index (χ0n) is 11.0. The molecule has 0 radical (unpaired) electrons. The SMILES string of the molecule is Cc1ccc(CNC(=O)CCC2CCNCC2)s1. The molecule has 1 fully saturated rings. The van der Waals surface area contributed by atoms with Gasteiger partial charge in [0.25, 0.3) is 0 Å². The minimum atomic E-state index is 0.194. The number of carbonyl (C=O) groups is 1. The Balaban J connectivity index is 1.62. The van der Waals surface area contributed by atoms with Gasteiger partial charge in [0.15, 0.2) is 0 Å². The van der Waals surface area contributed by atoms with Gasteiger partial charge in [-0.25, -0.2) is 0 Å². The third kappa shape index (κ3) is 4.42. The largest absolute Gasteiger partial charge is 0.351 e. The lowest BCUT2D eigenvalue weighted by molar-refractivity contribution is -0.121. The monoisotopic (exact) mass is 266 g/mol. The van der Waals surface area contributed by atoms with Gasteiger partial charge in [-0.15, -0.1) is 11.3 Å². The number of piperidine rings is 1. The molecule has 18 heavy (non-hydrogen) atoms. The Morgan fingerprint density at radius 3 is 2.89 bits per heavy atom. The normalized spacial score (nSPS) is 16.7. The van der Waals surface area contributed by atoms with Crippen molar-refractivity contribution in [1.29, 1.82) is 0 Å². The highest BCUT2D eigenvalue weighted by molar-refractivity contribution is 7.11. The summed E-state index contributed by atoms with van der Waals surface area (Å²) in [6, 6.07) is 4.19. The van der Waals surface area contributed by atoms with Gasteiger partial charge in [0, 0.05) is 16.2 Å². The van der Waals surface area contributed by atoms with Gasteiger partial charge in [0.2, 0.25) is 5.91 Å². The van der Waals surface area contributed by atoms with E-state index in [0.29, 0.717) is 13.0 Å². The Labute approximate surface area is 113 Å². The molecule has 100 valence electrons. The summed E-state index contributed by atoms with van der Waals surface area (Å²) in [7, 11) is 0. The van der Waals surface area contributed by atoms with Gasteiger partial charge >= 0.3 is 0 Å². The molecule has 1 amide bonds. The fourth-order valence-corrected chi connectivity index (χ4v) is 3.19. The molecule has 2 N–H and O–H groups in total. The molecule has 1 aliphatic heterocycles. The average Bonchev–Trinajstić information content (AvgIpc) is 2.81. The quantitative estimate of drug-likeness (QED) is 0.859. The Morgan fingerprint density at radius 1 is 1.44 bits per heavy atom. The molecule has 0 saturated carbocycles. The maximum atomic E-state index is 11.7. The van der Waals surface area contributed by atoms with E-state index in [1.807, 2.05) is 0 Å². The third-order valence-corrected chi connectivity index (χ3v) is 4.49. The zero-order valence-corrected chi connectivity index (χ0v) is 11.8. The lowest BCUT2D eigenvalue weighted by Gasteiger charge is -2.22. The highest BCUT2D eigenvalue weighted by atomic mass is 32.1. The first-order valence-electron chi connectivity index (χ1n) is 6.77. The molecule has 2 heterocycles. The molecule has 1 saturated heterocycles. The predicted molar refractivity (Wildman–Crippen MR) is 75.7 cm³/mol. The van der Waals surface area contributed by atoms with Gasteiger partial charge in [0.1, 0.15) is 0 Å². The predicted octanol–water partition coefficient (Wildman–Crippen LogP) is 2.45. The Bertz CT molecular complexity index is 383. The summed E-state index contributed by atoms with van der Waals surface area (Å²) in [6.07, 6.45) is 4.15. The molecule has 0 bridgehead atoms. The van der Waals surface area contributed by atoms with Gasteiger partial charge in [0.05, 0.1) is 6.54 Å². The molecule has 0 atom stereocenters. The number of carbonyl (C=O) groups excluding carboxylic acids is 1. The number of amides is 1. The molecule has 0 aromatic carbocycles. The topological polar surface area (TPSA) is 41.1 Å². The van der Waals surface area contributed by atoms with Crippen LogP contribution in [-0.4, -0.2) is 19.0 Å². The van der Waals surface area contributed by atoms with Crippen molar-refractivity contribution in [1.82, 2.24) is 10.6 Å². The lowest BCUT2D eigenvalue weighted by Crippen LogP contribution is -2.29. The summed E-state index contributed by atoms with van der Waals surface area (Å²) in [5.41, 5.74) is 0. The maximum absolute atomic E-state index is 11.7. The van der Waals surface area contributed by atoms with Crippen LogP contribution in [0.1, 0.15) is 35.4 Å². The van der Waals surface area contributed by atoms with Gasteiger partial charge in [-0.3, -0.25) is 4.79 Å². The summed E-state index contributed by atoms with van der Waals surface area (Å²) in [4.78, 5) is 14.3. The maximum Gasteiger partial charge on any atom is 0.220 e. The number of aryl methyl sites for hydroxylation is 1. The number of rotatable bonds is 5. The van der Waals surface area contributed by atoms with Crippen LogP contribution >= 0.6 is 11.3 Å². The zero-order chi connectivity index (χ0) is 12.8. The minimum Gasteiger partial charge on any atom is -0.351 e. The van der Waals surface area contributed by atoms with E-state index in [4.69, 9.17) is 0 Å². The van der Waals surface area contributed by atoms with Crippen molar-refractivity contribution in [3.8, 4) is 0 Å². The van der Waals surface area contributed by atoms with Crippen LogP contribution in [0.3, 0.4) is 0 Å². The molecular formula is C14H22N2OS. The van der Waals surface area contributed by atoms with Crippen LogP contribution in [0.5, 0.6) is 0 Å². The second kappa shape index (κ2) is 6.90. The van der Waals surface area contributed by atoms with Gasteiger partial charge < -0.3 is 10.6 Å². The van der Waals surface area contributed by atoms with E-state index in [0.717, 1.165) is 25.4 Å². The highest BCUT2D eigenvalue weighted by Crippen LogP contribution is 2.18. The molecule has 4 heteroatoms. The summed E-state index contributed by atoms with van der Waals surface area (Å²) in [6.45, 7) is 5.00. The Kier molecular flexibility index (Phi) is 5.20. The number of thiophene rings is 1. The van der Waals surface area contributed by atoms with Crippen LogP contribution in [-0.2, 0) is 11.3 Å². The van der Waals surface area contributed by atoms with E-state index in [-0.39, 0.29) is 5.91 Å². The van der Waals surface area contributed by atoms with Crippen LogP contribution in [0.4, 0.5) is 0 Å². The first-order chi connectivity index (χ1) is 8.74. The van der Waals surface area contributed by atoms with E-state index in [2.05, 4.69) is 29.7 Å². The van der Waals surface area contributed by atoms with Crippen molar-refractivity contribution >= 4 is 17.2 Å². The standard InChI is InChI=1S/C14H22N2OS/c1-11-2-4-13(18-11)10-16-14(17)5-3-12-6-8-15-9-7-12/h2,4,12,15H,3,5-10H2,1H3,(H,16,17). The summed E-state index contributed by atoms with van der Waals surface area (Å²) >= 11 is 1.75. The van der Waals surface area contributed by atoms with Crippen LogP contribution in [0.15, 0.2) is 12.1 Å². The molecule has 0 spiro atoms. The van der Waals surface area contributed by atoms with E-state index in [1.54, 1.807) is 11.3 Å². The third-order valence-electron chi connectivity index (χ3n) is 3.49. The van der Waals surface area contributed by atoms with E-state index in [1.165, 1.54) is 22.6 Å². The first kappa shape index (κ1) is 13.6. The average molecular weight is 266 g/mol.